The van der Waals surface area contributed by atoms with Gasteiger partial charge in [-0.2, -0.15) is 10.2 Å². The Morgan fingerprint density at radius 3 is 2.71 bits per heavy atom. The van der Waals surface area contributed by atoms with Gasteiger partial charge in [0.05, 0.1) is 29.5 Å². The maximum atomic E-state index is 13.1. The van der Waals surface area contributed by atoms with Crippen LogP contribution < -0.4 is 10.6 Å². The largest absolute Gasteiger partial charge is 0.324 e. The zero-order valence-electron chi connectivity index (χ0n) is 13.1. The number of rotatable bonds is 5. The van der Waals surface area contributed by atoms with Gasteiger partial charge in [-0.1, -0.05) is 13.3 Å². The van der Waals surface area contributed by atoms with E-state index in [9.17, 15) is 9.18 Å². The zero-order valence-corrected chi connectivity index (χ0v) is 13.1. The summed E-state index contributed by atoms with van der Waals surface area (Å²) in [5.74, 6) is 0.190. The fourth-order valence-electron chi connectivity index (χ4n) is 2.36. The lowest BCUT2D eigenvalue weighted by Crippen LogP contribution is -2.20. The van der Waals surface area contributed by atoms with Crippen LogP contribution in [0.25, 0.3) is 5.69 Å². The Morgan fingerprint density at radius 1 is 1.25 bits per heavy atom. The molecule has 0 atom stereocenters. The highest BCUT2D eigenvalue weighted by molar-refractivity contribution is 5.99. The Kier molecular flexibility index (Phi) is 4.55. The second-order valence-electron chi connectivity index (χ2n) is 5.19. The minimum Gasteiger partial charge on any atom is -0.305 e. The number of nitrogens with one attached hydrogen (secondary N) is 3. The molecule has 0 aliphatic rings. The Hall–Kier alpha value is -3.16. The first kappa shape index (κ1) is 15.7. The number of carbonyl (C=O) groups is 1. The van der Waals surface area contributed by atoms with Gasteiger partial charge in [0.25, 0.3) is 0 Å². The van der Waals surface area contributed by atoms with Crippen LogP contribution in [0.2, 0.25) is 0 Å². The summed E-state index contributed by atoms with van der Waals surface area (Å²) in [5.41, 5.74) is 2.20. The number of aromatic amines is 1. The van der Waals surface area contributed by atoms with Crippen LogP contribution in [-0.2, 0) is 6.42 Å². The van der Waals surface area contributed by atoms with Gasteiger partial charge in [0.1, 0.15) is 11.6 Å². The quantitative estimate of drug-likeness (QED) is 0.671. The van der Waals surface area contributed by atoms with E-state index < -0.39 is 6.03 Å². The predicted molar refractivity (Wildman–Crippen MR) is 88.7 cm³/mol. The number of benzene rings is 1. The number of hydrogen-bond donors (Lipinski definition) is 3. The highest BCUT2D eigenvalue weighted by Gasteiger charge is 2.14. The van der Waals surface area contributed by atoms with Crippen molar-refractivity contribution in [3.8, 4) is 5.69 Å². The van der Waals surface area contributed by atoms with Crippen LogP contribution in [0.5, 0.6) is 0 Å². The molecule has 3 N–H and O–H groups in total. The molecule has 0 unspecified atom stereocenters. The van der Waals surface area contributed by atoms with E-state index in [1.54, 1.807) is 35.3 Å². The topological polar surface area (TPSA) is 87.6 Å². The van der Waals surface area contributed by atoms with E-state index in [-0.39, 0.29) is 5.82 Å². The summed E-state index contributed by atoms with van der Waals surface area (Å²) in [6, 6.07) is 7.31. The fourth-order valence-corrected chi connectivity index (χ4v) is 2.36. The molecule has 0 bridgehead atoms. The lowest BCUT2D eigenvalue weighted by Gasteiger charge is -2.10. The summed E-state index contributed by atoms with van der Waals surface area (Å²) >= 11 is 0. The van der Waals surface area contributed by atoms with Gasteiger partial charge in [-0.3, -0.25) is 10.4 Å². The molecule has 0 radical (unpaired) electrons. The maximum absolute atomic E-state index is 13.1. The molecule has 8 heteroatoms. The molecule has 1 aromatic carbocycles. The standard InChI is InChI=1S/C16H17FN6O/c1-2-3-14-13(20-16(24)21-15-8-9-18-22-15)10-19-23(14)12-6-4-11(17)5-7-12/h4-10H,2-3H2,1H3,(H3,18,20,21,22,24). The fraction of sp³-hybridized carbons (Fsp3) is 0.188. The molecule has 2 aromatic heterocycles. The average molecular weight is 328 g/mol. The highest BCUT2D eigenvalue weighted by atomic mass is 19.1. The number of H-pyrrole nitrogens is 1. The molecule has 7 nitrogen and oxygen atoms in total. The van der Waals surface area contributed by atoms with Crippen LogP contribution in [0.3, 0.4) is 0 Å². The summed E-state index contributed by atoms with van der Waals surface area (Å²) in [7, 11) is 0. The van der Waals surface area contributed by atoms with Crippen molar-refractivity contribution in [2.75, 3.05) is 10.6 Å². The van der Waals surface area contributed by atoms with E-state index in [0.717, 1.165) is 24.2 Å². The minimum absolute atomic E-state index is 0.305. The molecule has 0 saturated carbocycles. The van der Waals surface area contributed by atoms with Crippen LogP contribution in [-0.4, -0.2) is 26.0 Å². The van der Waals surface area contributed by atoms with Crippen LogP contribution in [0.1, 0.15) is 19.0 Å². The Labute approximate surface area is 137 Å². The van der Waals surface area contributed by atoms with E-state index in [1.807, 2.05) is 6.92 Å². The Balaban J connectivity index is 1.82. The summed E-state index contributed by atoms with van der Waals surface area (Å²) < 4.78 is 14.8. The van der Waals surface area contributed by atoms with E-state index >= 15 is 0 Å². The van der Waals surface area contributed by atoms with E-state index in [1.165, 1.54) is 12.1 Å². The third-order valence-corrected chi connectivity index (χ3v) is 3.42. The third kappa shape index (κ3) is 3.43. The number of carbonyl (C=O) groups excluding carboxylic acids is 1. The number of anilines is 2. The van der Waals surface area contributed by atoms with Crippen LogP contribution in [0.4, 0.5) is 20.7 Å². The van der Waals surface area contributed by atoms with Crippen molar-refractivity contribution in [3.63, 3.8) is 0 Å². The molecule has 3 aromatic rings. The van der Waals surface area contributed by atoms with Gasteiger partial charge in [0, 0.05) is 6.07 Å². The lowest BCUT2D eigenvalue weighted by molar-refractivity contribution is 0.262. The molecule has 3 rings (SSSR count). The van der Waals surface area contributed by atoms with Crippen molar-refractivity contribution < 1.29 is 9.18 Å². The van der Waals surface area contributed by atoms with Gasteiger partial charge >= 0.3 is 6.03 Å². The Bertz CT molecular complexity index is 810. The molecule has 0 spiro atoms. The second-order valence-corrected chi connectivity index (χ2v) is 5.19. The number of halogens is 1. The third-order valence-electron chi connectivity index (χ3n) is 3.42. The van der Waals surface area contributed by atoms with Gasteiger partial charge in [-0.25, -0.2) is 13.9 Å². The minimum atomic E-state index is -0.393. The van der Waals surface area contributed by atoms with Crippen molar-refractivity contribution in [1.82, 2.24) is 20.0 Å². The number of aromatic nitrogens is 4. The molecule has 124 valence electrons. The van der Waals surface area contributed by atoms with Crippen molar-refractivity contribution in [2.24, 2.45) is 0 Å². The first-order chi connectivity index (χ1) is 11.7. The zero-order chi connectivity index (χ0) is 16.9. The predicted octanol–water partition coefficient (Wildman–Crippen LogP) is 3.33. The first-order valence-corrected chi connectivity index (χ1v) is 7.57. The van der Waals surface area contributed by atoms with Crippen molar-refractivity contribution >= 4 is 17.5 Å². The maximum Gasteiger partial charge on any atom is 0.324 e. The summed E-state index contributed by atoms with van der Waals surface area (Å²) in [6.07, 6.45) is 4.73. The van der Waals surface area contributed by atoms with Gasteiger partial charge in [-0.05, 0) is 30.7 Å². The van der Waals surface area contributed by atoms with Gasteiger partial charge in [0.15, 0.2) is 0 Å². The smallest absolute Gasteiger partial charge is 0.305 e. The van der Waals surface area contributed by atoms with Crippen LogP contribution in [0, 0.1) is 5.82 Å². The van der Waals surface area contributed by atoms with Crippen LogP contribution >= 0.6 is 0 Å². The number of nitrogens with zero attached hydrogens (tertiary/aromatic N) is 3. The summed E-state index contributed by atoms with van der Waals surface area (Å²) in [4.78, 5) is 12.1. The Morgan fingerprint density at radius 2 is 2.04 bits per heavy atom. The van der Waals surface area contributed by atoms with Crippen LogP contribution in [0.15, 0.2) is 42.7 Å². The first-order valence-electron chi connectivity index (χ1n) is 7.57. The molecule has 0 aliphatic heterocycles. The van der Waals surface area contributed by atoms with Crippen molar-refractivity contribution in [1.29, 1.82) is 0 Å². The molecular formula is C16H17FN6O. The molecule has 24 heavy (non-hydrogen) atoms. The van der Waals surface area contributed by atoms with Gasteiger partial charge in [0.2, 0.25) is 0 Å². The average Bonchev–Trinajstić information content (AvgIpc) is 3.20. The molecule has 0 saturated heterocycles. The number of hydrogen-bond acceptors (Lipinski definition) is 3. The molecule has 2 amide bonds. The summed E-state index contributed by atoms with van der Waals surface area (Å²) in [5, 5.41) is 16.2. The molecular weight excluding hydrogens is 311 g/mol. The van der Waals surface area contributed by atoms with Gasteiger partial charge < -0.3 is 5.32 Å². The van der Waals surface area contributed by atoms with Crippen molar-refractivity contribution in [3.05, 3.63) is 54.2 Å². The van der Waals surface area contributed by atoms with Gasteiger partial charge in [-0.15, -0.1) is 0 Å². The number of amides is 2. The van der Waals surface area contributed by atoms with Crippen molar-refractivity contribution in [2.45, 2.75) is 19.8 Å². The summed E-state index contributed by atoms with van der Waals surface area (Å²) in [6.45, 7) is 2.04. The van der Waals surface area contributed by atoms with E-state index in [2.05, 4.69) is 25.9 Å². The highest BCUT2D eigenvalue weighted by Crippen LogP contribution is 2.21. The molecule has 0 aliphatic carbocycles. The van der Waals surface area contributed by atoms with E-state index in [0.29, 0.717) is 11.5 Å². The second kappa shape index (κ2) is 6.95. The molecule has 2 heterocycles. The molecule has 0 fully saturated rings. The number of urea groups is 1. The SMILES string of the molecule is CCCc1c(NC(=O)Nc2ccn[nH]2)cnn1-c1ccc(F)cc1. The normalized spacial score (nSPS) is 10.6. The lowest BCUT2D eigenvalue weighted by atomic mass is 10.2. The van der Waals surface area contributed by atoms with E-state index in [4.69, 9.17) is 0 Å². The monoisotopic (exact) mass is 328 g/mol.